The van der Waals surface area contributed by atoms with Crippen LogP contribution in [0.5, 0.6) is 11.5 Å². The van der Waals surface area contributed by atoms with Crippen LogP contribution in [0.15, 0.2) is 84.9 Å². The summed E-state index contributed by atoms with van der Waals surface area (Å²) in [6, 6.07) is 29.8. The van der Waals surface area contributed by atoms with E-state index in [4.69, 9.17) is 9.47 Å². The smallest absolute Gasteiger partial charge is 0.253 e. The molecule has 0 bridgehead atoms. The molecule has 0 saturated carbocycles. The van der Waals surface area contributed by atoms with Gasteiger partial charge in [0.25, 0.3) is 5.79 Å². The van der Waals surface area contributed by atoms with Gasteiger partial charge < -0.3 is 20.1 Å². The second kappa shape index (κ2) is 10.2. The zero-order chi connectivity index (χ0) is 28.8. The highest BCUT2D eigenvalue weighted by molar-refractivity contribution is 5.55. The lowest BCUT2D eigenvalue weighted by Gasteiger charge is -2.52. The molecule has 0 aliphatic carbocycles. The van der Waals surface area contributed by atoms with Gasteiger partial charge in [-0.05, 0) is 38.1 Å². The van der Waals surface area contributed by atoms with Crippen molar-refractivity contribution in [3.05, 3.63) is 118 Å². The van der Waals surface area contributed by atoms with E-state index >= 15 is 0 Å². The van der Waals surface area contributed by atoms with Gasteiger partial charge in [-0.1, -0.05) is 99.5 Å². The predicted octanol–water partition coefficient (Wildman–Crippen LogP) is 9.04. The van der Waals surface area contributed by atoms with Crippen LogP contribution in [-0.4, -0.2) is 5.79 Å². The van der Waals surface area contributed by atoms with E-state index in [0.29, 0.717) is 13.1 Å². The third-order valence-electron chi connectivity index (χ3n) is 8.59. The van der Waals surface area contributed by atoms with E-state index in [0.717, 1.165) is 46.8 Å². The van der Waals surface area contributed by atoms with Crippen molar-refractivity contribution in [3.8, 4) is 11.5 Å². The number of nitrogens with one attached hydrogen (secondary N) is 2. The highest BCUT2D eigenvalue weighted by Crippen LogP contribution is 2.55. The standard InChI is InChI=1S/C37H42N2O2/c1-25-17-27(21-38-29-13-9-7-10-14-29)33-31(19-25)35(3,4)23-37(40-33)24-36(5,6)32-20-26(2)18-28(34(32)41-37)22-39-30-15-11-8-12-16-30/h7-20,38-39H,21-24H2,1-6H3. The molecule has 4 nitrogen and oxygen atoms in total. The van der Waals surface area contributed by atoms with Crippen LogP contribution >= 0.6 is 0 Å². The first-order valence-electron chi connectivity index (χ1n) is 14.8. The molecule has 4 heteroatoms. The van der Waals surface area contributed by atoms with Gasteiger partial charge in [-0.3, -0.25) is 0 Å². The Bertz CT molecular complexity index is 1440. The normalized spacial score (nSPS) is 17.5. The third kappa shape index (κ3) is 5.40. The molecular formula is C37H42N2O2. The van der Waals surface area contributed by atoms with Crippen molar-refractivity contribution < 1.29 is 9.47 Å². The first-order chi connectivity index (χ1) is 19.5. The fourth-order valence-corrected chi connectivity index (χ4v) is 6.85. The third-order valence-corrected chi connectivity index (χ3v) is 8.59. The van der Waals surface area contributed by atoms with Gasteiger partial charge in [0.15, 0.2) is 0 Å². The monoisotopic (exact) mass is 546 g/mol. The van der Waals surface area contributed by atoms with Gasteiger partial charge in [0.1, 0.15) is 11.5 Å². The van der Waals surface area contributed by atoms with Gasteiger partial charge >= 0.3 is 0 Å². The largest absolute Gasteiger partial charge is 0.452 e. The summed E-state index contributed by atoms with van der Waals surface area (Å²) >= 11 is 0. The van der Waals surface area contributed by atoms with E-state index in [2.05, 4.69) is 125 Å². The van der Waals surface area contributed by atoms with Crippen molar-refractivity contribution in [1.29, 1.82) is 0 Å². The lowest BCUT2D eigenvalue weighted by atomic mass is 9.68. The van der Waals surface area contributed by atoms with Crippen LogP contribution in [0.25, 0.3) is 0 Å². The molecule has 0 fully saturated rings. The van der Waals surface area contributed by atoms with E-state index in [1.807, 2.05) is 12.1 Å². The van der Waals surface area contributed by atoms with E-state index in [1.54, 1.807) is 0 Å². The van der Waals surface area contributed by atoms with Crippen LogP contribution < -0.4 is 20.1 Å². The molecule has 2 N–H and O–H groups in total. The minimum absolute atomic E-state index is 0.123. The average molecular weight is 547 g/mol. The number of aryl methyl sites for hydroxylation is 2. The molecule has 6 rings (SSSR count). The highest BCUT2D eigenvalue weighted by atomic mass is 16.7. The topological polar surface area (TPSA) is 42.5 Å². The molecular weight excluding hydrogens is 504 g/mol. The molecule has 1 spiro atoms. The van der Waals surface area contributed by atoms with Crippen molar-refractivity contribution in [1.82, 2.24) is 0 Å². The molecule has 4 aromatic rings. The van der Waals surface area contributed by atoms with Crippen LogP contribution in [0.4, 0.5) is 11.4 Å². The molecule has 0 aromatic heterocycles. The molecule has 0 saturated heterocycles. The molecule has 2 aliphatic rings. The summed E-state index contributed by atoms with van der Waals surface area (Å²) in [4.78, 5) is 0. The molecule has 0 atom stereocenters. The second-order valence-corrected chi connectivity index (χ2v) is 13.3. The van der Waals surface area contributed by atoms with Gasteiger partial charge in [-0.2, -0.15) is 0 Å². The van der Waals surface area contributed by atoms with Crippen molar-refractivity contribution in [2.45, 2.75) is 84.1 Å². The molecule has 41 heavy (non-hydrogen) atoms. The number of hydrogen-bond donors (Lipinski definition) is 2. The molecule has 212 valence electrons. The van der Waals surface area contributed by atoms with E-state index < -0.39 is 5.79 Å². The Kier molecular flexibility index (Phi) is 6.76. The lowest BCUT2D eigenvalue weighted by Crippen LogP contribution is -2.56. The van der Waals surface area contributed by atoms with Crippen LogP contribution in [0, 0.1) is 13.8 Å². The predicted molar refractivity (Wildman–Crippen MR) is 169 cm³/mol. The number of fused-ring (bicyclic) bond motifs is 2. The molecule has 0 unspecified atom stereocenters. The van der Waals surface area contributed by atoms with Gasteiger partial charge in [0.05, 0.1) is 0 Å². The number of benzene rings is 4. The van der Waals surface area contributed by atoms with Crippen molar-refractivity contribution in [3.63, 3.8) is 0 Å². The van der Waals surface area contributed by atoms with Crippen LogP contribution in [0.1, 0.15) is 73.9 Å². The Morgan fingerprint density at radius 3 is 1.37 bits per heavy atom. The maximum Gasteiger partial charge on any atom is 0.253 e. The summed E-state index contributed by atoms with van der Waals surface area (Å²) in [5, 5.41) is 7.21. The van der Waals surface area contributed by atoms with Gasteiger partial charge in [0.2, 0.25) is 0 Å². The first kappa shape index (κ1) is 27.3. The molecule has 2 aliphatic heterocycles. The zero-order valence-electron chi connectivity index (χ0n) is 25.2. The van der Waals surface area contributed by atoms with Gasteiger partial charge in [-0.25, -0.2) is 0 Å². The number of anilines is 2. The van der Waals surface area contributed by atoms with Crippen LogP contribution in [0.2, 0.25) is 0 Å². The zero-order valence-corrected chi connectivity index (χ0v) is 25.2. The number of para-hydroxylation sites is 2. The fraction of sp³-hybridized carbons (Fsp3) is 0.351. The summed E-state index contributed by atoms with van der Waals surface area (Å²) in [6.07, 6.45) is 1.56. The first-order valence-corrected chi connectivity index (χ1v) is 14.8. The van der Waals surface area contributed by atoms with Crippen molar-refractivity contribution in [2.75, 3.05) is 10.6 Å². The summed E-state index contributed by atoms with van der Waals surface area (Å²) in [5.41, 5.74) is 9.30. The lowest BCUT2D eigenvalue weighted by molar-refractivity contribution is -0.167. The maximum atomic E-state index is 7.13. The van der Waals surface area contributed by atoms with E-state index in [-0.39, 0.29) is 10.8 Å². The SMILES string of the molecule is Cc1cc(CNc2ccccc2)c2c(c1)C(C)(C)CC1(CC(C)(C)c3cc(C)cc(CNc4ccccc4)c3O1)O2. The van der Waals surface area contributed by atoms with Crippen molar-refractivity contribution in [2.24, 2.45) is 0 Å². The Balaban J connectivity index is 1.38. The molecule has 4 aromatic carbocycles. The number of ether oxygens (including phenoxy) is 2. The molecule has 2 heterocycles. The Hall–Kier alpha value is -3.92. The highest BCUT2D eigenvalue weighted by Gasteiger charge is 2.54. The van der Waals surface area contributed by atoms with E-state index in [9.17, 15) is 0 Å². The fourth-order valence-electron chi connectivity index (χ4n) is 6.85. The second-order valence-electron chi connectivity index (χ2n) is 13.3. The number of rotatable bonds is 6. The minimum atomic E-state index is -0.763. The minimum Gasteiger partial charge on any atom is -0.452 e. The van der Waals surface area contributed by atoms with Crippen LogP contribution in [0.3, 0.4) is 0 Å². The Morgan fingerprint density at radius 1 is 0.585 bits per heavy atom. The Morgan fingerprint density at radius 2 is 0.976 bits per heavy atom. The Labute approximate surface area is 245 Å². The molecule has 0 amide bonds. The average Bonchev–Trinajstić information content (AvgIpc) is 2.92. The summed E-state index contributed by atoms with van der Waals surface area (Å²) in [6.45, 7) is 15.1. The van der Waals surface area contributed by atoms with Crippen LogP contribution in [-0.2, 0) is 23.9 Å². The van der Waals surface area contributed by atoms with Gasteiger partial charge in [-0.15, -0.1) is 0 Å². The summed E-state index contributed by atoms with van der Waals surface area (Å²) in [7, 11) is 0. The van der Waals surface area contributed by atoms with E-state index in [1.165, 1.54) is 22.3 Å². The van der Waals surface area contributed by atoms with Crippen molar-refractivity contribution >= 4 is 11.4 Å². The molecule has 0 radical (unpaired) electrons. The summed E-state index contributed by atoms with van der Waals surface area (Å²) < 4.78 is 14.3. The maximum absolute atomic E-state index is 7.13. The quantitative estimate of drug-likeness (QED) is 0.253. The summed E-state index contributed by atoms with van der Waals surface area (Å²) in [5.74, 6) is 1.16. The van der Waals surface area contributed by atoms with Gasteiger partial charge in [0, 0.05) is 70.4 Å². The number of hydrogen-bond acceptors (Lipinski definition) is 4.